The van der Waals surface area contributed by atoms with Crippen LogP contribution in [-0.2, 0) is 9.53 Å². The Morgan fingerprint density at radius 3 is 2.22 bits per heavy atom. The smallest absolute Gasteiger partial charge is 0.307 e. The number of esters is 1. The zero-order chi connectivity index (χ0) is 13.7. The van der Waals surface area contributed by atoms with Gasteiger partial charge < -0.3 is 10.1 Å². The number of methoxy groups -OCH3 is 1. The van der Waals surface area contributed by atoms with E-state index in [9.17, 15) is 9.59 Å². The lowest BCUT2D eigenvalue weighted by Gasteiger charge is -2.11. The summed E-state index contributed by atoms with van der Waals surface area (Å²) in [5.41, 5.74) is 3.72. The van der Waals surface area contributed by atoms with Crippen LogP contribution in [0.1, 0.15) is 33.5 Å². The van der Waals surface area contributed by atoms with E-state index in [-0.39, 0.29) is 24.8 Å². The minimum absolute atomic E-state index is 0.145. The van der Waals surface area contributed by atoms with E-state index >= 15 is 0 Å². The number of amides is 1. The molecule has 0 radical (unpaired) electrons. The fourth-order valence-corrected chi connectivity index (χ4v) is 2.01. The van der Waals surface area contributed by atoms with Crippen molar-refractivity contribution in [2.24, 2.45) is 0 Å². The van der Waals surface area contributed by atoms with Gasteiger partial charge in [0.2, 0.25) is 0 Å². The minimum Gasteiger partial charge on any atom is -0.469 e. The van der Waals surface area contributed by atoms with Crippen LogP contribution < -0.4 is 5.32 Å². The molecule has 0 saturated carbocycles. The van der Waals surface area contributed by atoms with E-state index in [1.807, 2.05) is 32.9 Å². The first kappa shape index (κ1) is 14.2. The predicted molar refractivity (Wildman–Crippen MR) is 69.6 cm³/mol. The normalized spacial score (nSPS) is 10.0. The van der Waals surface area contributed by atoms with Gasteiger partial charge in [0.05, 0.1) is 13.5 Å². The van der Waals surface area contributed by atoms with Crippen molar-refractivity contribution in [1.29, 1.82) is 0 Å². The first-order valence-corrected chi connectivity index (χ1v) is 5.88. The topological polar surface area (TPSA) is 55.4 Å². The number of ether oxygens (including phenoxy) is 1. The van der Waals surface area contributed by atoms with Gasteiger partial charge in [0.25, 0.3) is 5.91 Å². The lowest BCUT2D eigenvalue weighted by atomic mass is 9.99. The van der Waals surface area contributed by atoms with Crippen molar-refractivity contribution < 1.29 is 14.3 Å². The van der Waals surface area contributed by atoms with Gasteiger partial charge in [0.15, 0.2) is 0 Å². The Bertz CT molecular complexity index is 443. The molecular weight excluding hydrogens is 230 g/mol. The lowest BCUT2D eigenvalue weighted by molar-refractivity contribution is -0.140. The summed E-state index contributed by atoms with van der Waals surface area (Å²) in [6, 6.07) is 3.95. The molecule has 0 atom stereocenters. The first-order valence-electron chi connectivity index (χ1n) is 5.88. The molecule has 0 aliphatic heterocycles. The van der Waals surface area contributed by atoms with E-state index in [0.717, 1.165) is 16.7 Å². The first-order chi connectivity index (χ1) is 8.45. The number of benzene rings is 1. The maximum Gasteiger partial charge on any atom is 0.307 e. The van der Waals surface area contributed by atoms with E-state index in [0.29, 0.717) is 5.56 Å². The molecule has 1 aromatic carbocycles. The van der Waals surface area contributed by atoms with Crippen molar-refractivity contribution >= 4 is 11.9 Å². The van der Waals surface area contributed by atoms with Crippen LogP contribution >= 0.6 is 0 Å². The average molecular weight is 249 g/mol. The summed E-state index contributed by atoms with van der Waals surface area (Å²) in [6.45, 7) is 6.11. The highest BCUT2D eigenvalue weighted by atomic mass is 16.5. The molecule has 0 aliphatic carbocycles. The van der Waals surface area contributed by atoms with Crippen LogP contribution in [0.15, 0.2) is 12.1 Å². The molecule has 0 bridgehead atoms. The molecule has 1 aromatic rings. The van der Waals surface area contributed by atoms with Gasteiger partial charge >= 0.3 is 5.97 Å². The predicted octanol–water partition coefficient (Wildman–Crippen LogP) is 1.90. The maximum absolute atomic E-state index is 12.0. The number of carbonyl (C=O) groups is 2. The van der Waals surface area contributed by atoms with Crippen molar-refractivity contribution in [3.8, 4) is 0 Å². The van der Waals surface area contributed by atoms with Gasteiger partial charge in [0, 0.05) is 12.1 Å². The molecule has 0 aliphatic rings. The van der Waals surface area contributed by atoms with Crippen molar-refractivity contribution in [3.05, 3.63) is 34.4 Å². The summed E-state index contributed by atoms with van der Waals surface area (Å²) >= 11 is 0. The molecule has 0 heterocycles. The van der Waals surface area contributed by atoms with Crippen molar-refractivity contribution in [2.75, 3.05) is 13.7 Å². The molecule has 0 fully saturated rings. The van der Waals surface area contributed by atoms with Crippen LogP contribution in [0.25, 0.3) is 0 Å². The Kier molecular flexibility index (Phi) is 4.89. The van der Waals surface area contributed by atoms with E-state index in [2.05, 4.69) is 10.1 Å². The zero-order valence-electron chi connectivity index (χ0n) is 11.3. The van der Waals surface area contributed by atoms with Gasteiger partial charge in [-0.05, 0) is 31.9 Å². The second-order valence-corrected chi connectivity index (χ2v) is 4.36. The summed E-state index contributed by atoms with van der Waals surface area (Å²) in [6.07, 6.45) is 0.187. The van der Waals surface area contributed by atoms with Gasteiger partial charge in [-0.2, -0.15) is 0 Å². The monoisotopic (exact) mass is 249 g/mol. The number of aryl methyl sites for hydroxylation is 3. The van der Waals surface area contributed by atoms with Crippen LogP contribution in [0, 0.1) is 20.8 Å². The fraction of sp³-hybridized carbons (Fsp3) is 0.429. The fourth-order valence-electron chi connectivity index (χ4n) is 2.01. The standard InChI is InChI=1S/C14H19NO3/c1-9-7-10(2)13(11(3)8-9)14(17)15-6-5-12(16)18-4/h7-8H,5-6H2,1-4H3,(H,15,17). The Balaban J connectivity index is 2.70. The van der Waals surface area contributed by atoms with Gasteiger partial charge in [-0.25, -0.2) is 0 Å². The molecule has 1 N–H and O–H groups in total. The van der Waals surface area contributed by atoms with E-state index in [4.69, 9.17) is 0 Å². The Hall–Kier alpha value is -1.84. The third kappa shape index (κ3) is 3.58. The van der Waals surface area contributed by atoms with Crippen molar-refractivity contribution in [3.63, 3.8) is 0 Å². The summed E-state index contributed by atoms with van der Waals surface area (Å²) in [5, 5.41) is 2.73. The molecule has 4 nitrogen and oxygen atoms in total. The van der Waals surface area contributed by atoms with Gasteiger partial charge in [0.1, 0.15) is 0 Å². The molecule has 98 valence electrons. The van der Waals surface area contributed by atoms with Crippen LogP contribution in [0.5, 0.6) is 0 Å². The average Bonchev–Trinajstić information content (AvgIpc) is 2.27. The SMILES string of the molecule is COC(=O)CCNC(=O)c1c(C)cc(C)cc1C. The van der Waals surface area contributed by atoms with E-state index in [1.165, 1.54) is 7.11 Å². The Morgan fingerprint density at radius 2 is 1.72 bits per heavy atom. The molecule has 1 rings (SSSR count). The summed E-state index contributed by atoms with van der Waals surface area (Å²) in [5.74, 6) is -0.471. The number of hydrogen-bond acceptors (Lipinski definition) is 3. The zero-order valence-corrected chi connectivity index (χ0v) is 11.3. The lowest BCUT2D eigenvalue weighted by Crippen LogP contribution is -2.27. The molecule has 18 heavy (non-hydrogen) atoms. The third-order valence-corrected chi connectivity index (χ3v) is 2.75. The maximum atomic E-state index is 12.0. The van der Waals surface area contributed by atoms with Crippen molar-refractivity contribution in [2.45, 2.75) is 27.2 Å². The number of hydrogen-bond donors (Lipinski definition) is 1. The van der Waals surface area contributed by atoms with Crippen molar-refractivity contribution in [1.82, 2.24) is 5.32 Å². The van der Waals surface area contributed by atoms with Crippen LogP contribution in [0.3, 0.4) is 0 Å². The molecule has 4 heteroatoms. The molecule has 0 saturated heterocycles. The summed E-state index contributed by atoms with van der Waals surface area (Å²) in [7, 11) is 1.33. The minimum atomic E-state index is -0.326. The molecule has 0 spiro atoms. The summed E-state index contributed by atoms with van der Waals surface area (Å²) < 4.78 is 4.51. The van der Waals surface area contributed by atoms with Crippen LogP contribution in [-0.4, -0.2) is 25.5 Å². The van der Waals surface area contributed by atoms with Crippen LogP contribution in [0.2, 0.25) is 0 Å². The van der Waals surface area contributed by atoms with Gasteiger partial charge in [-0.1, -0.05) is 17.7 Å². The largest absolute Gasteiger partial charge is 0.469 e. The highest BCUT2D eigenvalue weighted by Gasteiger charge is 2.12. The highest BCUT2D eigenvalue weighted by Crippen LogP contribution is 2.16. The van der Waals surface area contributed by atoms with Gasteiger partial charge in [-0.3, -0.25) is 9.59 Å². The number of rotatable bonds is 4. The second-order valence-electron chi connectivity index (χ2n) is 4.36. The van der Waals surface area contributed by atoms with Gasteiger partial charge in [-0.15, -0.1) is 0 Å². The summed E-state index contributed by atoms with van der Waals surface area (Å²) in [4.78, 5) is 22.9. The Labute approximate surface area is 107 Å². The van der Waals surface area contributed by atoms with E-state index < -0.39 is 0 Å². The number of carbonyl (C=O) groups excluding carboxylic acids is 2. The van der Waals surface area contributed by atoms with E-state index in [1.54, 1.807) is 0 Å². The molecule has 0 unspecified atom stereocenters. The third-order valence-electron chi connectivity index (χ3n) is 2.75. The quantitative estimate of drug-likeness (QED) is 0.829. The molecule has 1 amide bonds. The number of nitrogens with one attached hydrogen (secondary N) is 1. The van der Waals surface area contributed by atoms with Crippen LogP contribution in [0.4, 0.5) is 0 Å². The second kappa shape index (κ2) is 6.19. The Morgan fingerprint density at radius 1 is 1.17 bits per heavy atom. The molecule has 0 aromatic heterocycles. The molecular formula is C14H19NO3. The highest BCUT2D eigenvalue weighted by molar-refractivity contribution is 5.97.